The van der Waals surface area contributed by atoms with Gasteiger partial charge in [-0.1, -0.05) is 0 Å². The number of benzene rings is 1. The molecule has 2 rings (SSSR count). The Hall–Kier alpha value is -2.57. The lowest BCUT2D eigenvalue weighted by Gasteiger charge is -2.00. The molecule has 7 heteroatoms. The highest BCUT2D eigenvalue weighted by atomic mass is 16.4. The van der Waals surface area contributed by atoms with Gasteiger partial charge in [0.25, 0.3) is 0 Å². The van der Waals surface area contributed by atoms with E-state index in [4.69, 9.17) is 10.2 Å². The van der Waals surface area contributed by atoms with Crippen LogP contribution in [0.5, 0.6) is 0 Å². The topological polar surface area (TPSA) is 104 Å². The molecule has 7 nitrogen and oxygen atoms in total. The fourth-order valence-electron chi connectivity index (χ4n) is 1.54. The number of aromatic nitrogens is 2. The standard InChI is InChI=1S/C10H9N3O4/c1-13-7-3-2-5(8(14)15)4-6(7)11-9(13)12-10(16)17/h2-4H,1H3,(H,11,12)(H,14,15)(H,16,17). The molecule has 0 spiro atoms. The number of carbonyl (C=O) groups is 2. The molecule has 0 fully saturated rings. The lowest BCUT2D eigenvalue weighted by Crippen LogP contribution is -2.11. The Balaban J connectivity index is 2.57. The van der Waals surface area contributed by atoms with E-state index < -0.39 is 12.1 Å². The van der Waals surface area contributed by atoms with Crippen molar-refractivity contribution in [2.75, 3.05) is 5.32 Å². The fraction of sp³-hybridized carbons (Fsp3) is 0.100. The molecule has 1 amide bonds. The van der Waals surface area contributed by atoms with Gasteiger partial charge in [-0.05, 0) is 18.2 Å². The van der Waals surface area contributed by atoms with E-state index in [0.717, 1.165) is 0 Å². The SMILES string of the molecule is Cn1c(NC(=O)O)nc2cc(C(=O)O)ccc21. The first-order valence-corrected chi connectivity index (χ1v) is 4.69. The smallest absolute Gasteiger partial charge is 0.411 e. The van der Waals surface area contributed by atoms with Crippen molar-refractivity contribution in [3.05, 3.63) is 23.8 Å². The lowest BCUT2D eigenvalue weighted by molar-refractivity contribution is 0.0697. The van der Waals surface area contributed by atoms with Gasteiger partial charge in [-0.2, -0.15) is 0 Å². The molecule has 0 aliphatic carbocycles. The fourth-order valence-corrected chi connectivity index (χ4v) is 1.54. The zero-order chi connectivity index (χ0) is 12.6. The molecule has 0 saturated carbocycles. The van der Waals surface area contributed by atoms with Gasteiger partial charge >= 0.3 is 12.1 Å². The summed E-state index contributed by atoms with van der Waals surface area (Å²) in [5.74, 6) is -0.902. The van der Waals surface area contributed by atoms with Gasteiger partial charge in [0.2, 0.25) is 5.95 Å². The summed E-state index contributed by atoms with van der Waals surface area (Å²) in [5, 5.41) is 19.6. The van der Waals surface area contributed by atoms with Gasteiger partial charge in [-0.25, -0.2) is 14.6 Å². The molecule has 0 saturated heterocycles. The molecule has 3 N–H and O–H groups in total. The van der Waals surface area contributed by atoms with Crippen molar-refractivity contribution in [2.45, 2.75) is 0 Å². The quantitative estimate of drug-likeness (QED) is 0.728. The maximum Gasteiger partial charge on any atom is 0.411 e. The van der Waals surface area contributed by atoms with Crippen LogP contribution in [0.1, 0.15) is 10.4 Å². The molecule has 2 aromatic rings. The Morgan fingerprint density at radius 3 is 2.65 bits per heavy atom. The summed E-state index contributed by atoms with van der Waals surface area (Å²) in [6, 6.07) is 4.42. The van der Waals surface area contributed by atoms with Crippen LogP contribution in [0, 0.1) is 0 Å². The van der Waals surface area contributed by atoms with Crippen molar-refractivity contribution in [3.8, 4) is 0 Å². The van der Waals surface area contributed by atoms with Crippen molar-refractivity contribution < 1.29 is 19.8 Å². The number of aryl methyl sites for hydroxylation is 1. The van der Waals surface area contributed by atoms with E-state index in [2.05, 4.69) is 10.3 Å². The van der Waals surface area contributed by atoms with Crippen molar-refractivity contribution in [3.63, 3.8) is 0 Å². The number of imidazole rings is 1. The first kappa shape index (κ1) is 10.9. The third kappa shape index (κ3) is 1.89. The van der Waals surface area contributed by atoms with E-state index in [9.17, 15) is 9.59 Å². The number of fused-ring (bicyclic) bond motifs is 1. The molecule has 1 heterocycles. The highest BCUT2D eigenvalue weighted by molar-refractivity contribution is 5.93. The molecule has 1 aromatic carbocycles. The van der Waals surface area contributed by atoms with Crippen LogP contribution in [0.4, 0.5) is 10.7 Å². The summed E-state index contributed by atoms with van der Waals surface area (Å²) in [7, 11) is 1.64. The highest BCUT2D eigenvalue weighted by Crippen LogP contribution is 2.19. The van der Waals surface area contributed by atoms with Crippen molar-refractivity contribution >= 4 is 29.0 Å². The number of rotatable bonds is 2. The predicted octanol–water partition coefficient (Wildman–Crippen LogP) is 1.36. The van der Waals surface area contributed by atoms with Gasteiger partial charge < -0.3 is 14.8 Å². The van der Waals surface area contributed by atoms with Crippen LogP contribution in [0.3, 0.4) is 0 Å². The monoisotopic (exact) mass is 235 g/mol. The first-order chi connectivity index (χ1) is 7.99. The number of hydrogen-bond donors (Lipinski definition) is 3. The number of hydrogen-bond acceptors (Lipinski definition) is 3. The molecule has 17 heavy (non-hydrogen) atoms. The summed E-state index contributed by atoms with van der Waals surface area (Å²) in [6.45, 7) is 0. The maximum atomic E-state index is 10.8. The first-order valence-electron chi connectivity index (χ1n) is 4.69. The van der Waals surface area contributed by atoms with E-state index in [-0.39, 0.29) is 11.5 Å². The lowest BCUT2D eigenvalue weighted by atomic mass is 10.2. The third-order valence-corrected chi connectivity index (χ3v) is 2.35. The van der Waals surface area contributed by atoms with Gasteiger partial charge in [0.05, 0.1) is 16.6 Å². The molecule has 0 unspecified atom stereocenters. The average Bonchev–Trinajstić information content (AvgIpc) is 2.54. The van der Waals surface area contributed by atoms with Crippen molar-refractivity contribution in [2.24, 2.45) is 7.05 Å². The van der Waals surface area contributed by atoms with Gasteiger partial charge in [0.1, 0.15) is 0 Å². The van der Waals surface area contributed by atoms with Crippen LogP contribution in [0.2, 0.25) is 0 Å². The Labute approximate surface area is 95.3 Å². The van der Waals surface area contributed by atoms with Crippen LogP contribution in [0.25, 0.3) is 11.0 Å². The molecular weight excluding hydrogens is 226 g/mol. The number of nitrogens with one attached hydrogen (secondary N) is 1. The number of amides is 1. The molecule has 0 atom stereocenters. The Morgan fingerprint density at radius 1 is 1.35 bits per heavy atom. The van der Waals surface area contributed by atoms with Crippen molar-refractivity contribution in [1.82, 2.24) is 9.55 Å². The number of carboxylic acid groups (broad SMARTS) is 2. The Kier molecular flexibility index (Phi) is 2.43. The number of carboxylic acids is 1. The molecule has 1 aromatic heterocycles. The molecule has 88 valence electrons. The largest absolute Gasteiger partial charge is 0.478 e. The molecular formula is C10H9N3O4. The van der Waals surface area contributed by atoms with Gasteiger partial charge in [-0.3, -0.25) is 5.32 Å². The maximum absolute atomic E-state index is 10.8. The van der Waals surface area contributed by atoms with E-state index >= 15 is 0 Å². The van der Waals surface area contributed by atoms with Crippen LogP contribution in [-0.2, 0) is 7.05 Å². The molecule has 0 aliphatic rings. The summed E-state index contributed by atoms with van der Waals surface area (Å²) < 4.78 is 1.54. The normalized spacial score (nSPS) is 10.4. The van der Waals surface area contributed by atoms with Crippen LogP contribution in [0.15, 0.2) is 18.2 Å². The third-order valence-electron chi connectivity index (χ3n) is 2.35. The second-order valence-corrected chi connectivity index (χ2v) is 3.43. The molecule has 0 bridgehead atoms. The minimum absolute atomic E-state index is 0.109. The van der Waals surface area contributed by atoms with Crippen LogP contribution < -0.4 is 5.32 Å². The minimum atomic E-state index is -1.22. The predicted molar refractivity (Wildman–Crippen MR) is 59.3 cm³/mol. The van der Waals surface area contributed by atoms with Crippen LogP contribution >= 0.6 is 0 Å². The molecule has 0 radical (unpaired) electrons. The van der Waals surface area contributed by atoms with E-state index in [1.165, 1.54) is 16.7 Å². The summed E-state index contributed by atoms with van der Waals surface area (Å²) in [6.07, 6.45) is -1.22. The summed E-state index contributed by atoms with van der Waals surface area (Å²) in [5.41, 5.74) is 1.19. The van der Waals surface area contributed by atoms with Crippen molar-refractivity contribution in [1.29, 1.82) is 0 Å². The average molecular weight is 235 g/mol. The molecule has 0 aliphatic heterocycles. The Bertz CT molecular complexity index is 617. The van der Waals surface area contributed by atoms with Gasteiger partial charge in [0.15, 0.2) is 0 Å². The van der Waals surface area contributed by atoms with Gasteiger partial charge in [0, 0.05) is 7.05 Å². The zero-order valence-corrected chi connectivity index (χ0v) is 8.84. The number of anilines is 1. The summed E-state index contributed by atoms with van der Waals surface area (Å²) >= 11 is 0. The van der Waals surface area contributed by atoms with E-state index in [1.807, 2.05) is 0 Å². The highest BCUT2D eigenvalue weighted by Gasteiger charge is 2.12. The Morgan fingerprint density at radius 2 is 2.06 bits per heavy atom. The second kappa shape index (κ2) is 3.78. The second-order valence-electron chi connectivity index (χ2n) is 3.43. The van der Waals surface area contributed by atoms with Crippen LogP contribution in [-0.4, -0.2) is 31.8 Å². The van der Waals surface area contributed by atoms with Gasteiger partial charge in [-0.15, -0.1) is 0 Å². The number of aromatic carboxylic acids is 1. The summed E-state index contributed by atoms with van der Waals surface area (Å²) in [4.78, 5) is 25.3. The van der Waals surface area contributed by atoms with E-state index in [0.29, 0.717) is 11.0 Å². The zero-order valence-electron chi connectivity index (χ0n) is 8.84. The number of nitrogens with zero attached hydrogens (tertiary/aromatic N) is 2. The minimum Gasteiger partial charge on any atom is -0.478 e. The van der Waals surface area contributed by atoms with E-state index in [1.54, 1.807) is 13.1 Å².